The Bertz CT molecular complexity index is 1410. The van der Waals surface area contributed by atoms with Crippen LogP contribution in [0.2, 0.25) is 5.02 Å². The van der Waals surface area contributed by atoms with Gasteiger partial charge in [-0.2, -0.15) is 0 Å². The van der Waals surface area contributed by atoms with Crippen molar-refractivity contribution in [2.24, 2.45) is 0 Å². The van der Waals surface area contributed by atoms with E-state index in [0.29, 0.717) is 39.1 Å². The fourth-order valence-corrected chi connectivity index (χ4v) is 4.63. The van der Waals surface area contributed by atoms with Crippen LogP contribution in [-0.2, 0) is 11.3 Å². The summed E-state index contributed by atoms with van der Waals surface area (Å²) in [7, 11) is 1.52. The van der Waals surface area contributed by atoms with E-state index >= 15 is 0 Å². The van der Waals surface area contributed by atoms with Crippen molar-refractivity contribution in [3.05, 3.63) is 93.2 Å². The molecule has 6 nitrogen and oxygen atoms in total. The fourth-order valence-electron chi connectivity index (χ4n) is 3.53. The van der Waals surface area contributed by atoms with Gasteiger partial charge in [-0.25, -0.2) is 4.98 Å². The molecule has 0 fully saturated rings. The van der Waals surface area contributed by atoms with Crippen LogP contribution < -0.4 is 15.6 Å². The second-order valence-electron chi connectivity index (χ2n) is 7.79. The first-order chi connectivity index (χ1) is 16.4. The largest absolute Gasteiger partial charge is 0.495 e. The number of nitrogens with one attached hydrogen (secondary N) is 1. The van der Waals surface area contributed by atoms with Crippen LogP contribution in [0.5, 0.6) is 5.75 Å². The van der Waals surface area contributed by atoms with Crippen molar-refractivity contribution >= 4 is 40.2 Å². The fraction of sp³-hybridized carbons (Fsp3) is 0.192. The first-order valence-electron chi connectivity index (χ1n) is 10.7. The lowest BCUT2D eigenvalue weighted by Crippen LogP contribution is -2.31. The van der Waals surface area contributed by atoms with E-state index in [4.69, 9.17) is 21.3 Å². The molecule has 0 spiro atoms. The highest BCUT2D eigenvalue weighted by atomic mass is 35.5. The van der Waals surface area contributed by atoms with E-state index in [0.717, 1.165) is 11.1 Å². The SMILES string of the molecule is COc1cc(Cl)c(C)cc1-n1c(SC(C)C(=O)NCc2ccccc2)nc2ccccc2c1=O. The number of nitrogens with zero attached hydrogens (tertiary/aromatic N) is 2. The van der Waals surface area contributed by atoms with Crippen LogP contribution in [0.25, 0.3) is 16.6 Å². The summed E-state index contributed by atoms with van der Waals surface area (Å²) in [6, 6.07) is 20.3. The van der Waals surface area contributed by atoms with Crippen LogP contribution in [0, 0.1) is 6.92 Å². The molecule has 0 aliphatic carbocycles. The maximum Gasteiger partial charge on any atom is 0.266 e. The minimum absolute atomic E-state index is 0.151. The van der Waals surface area contributed by atoms with Gasteiger partial charge in [0.05, 0.1) is 29.0 Å². The number of hydrogen-bond acceptors (Lipinski definition) is 5. The van der Waals surface area contributed by atoms with E-state index < -0.39 is 5.25 Å². The lowest BCUT2D eigenvalue weighted by molar-refractivity contribution is -0.120. The molecule has 3 aromatic carbocycles. The number of fused-ring (bicyclic) bond motifs is 1. The van der Waals surface area contributed by atoms with Gasteiger partial charge < -0.3 is 10.1 Å². The number of carbonyl (C=O) groups is 1. The summed E-state index contributed by atoms with van der Waals surface area (Å²) in [5, 5.41) is 3.86. The first-order valence-corrected chi connectivity index (χ1v) is 12.0. The van der Waals surface area contributed by atoms with Crippen molar-refractivity contribution in [1.29, 1.82) is 0 Å². The lowest BCUT2D eigenvalue weighted by Gasteiger charge is -2.19. The molecule has 0 saturated carbocycles. The van der Waals surface area contributed by atoms with Crippen molar-refractivity contribution < 1.29 is 9.53 Å². The third kappa shape index (κ3) is 4.95. The number of hydrogen-bond donors (Lipinski definition) is 1. The minimum Gasteiger partial charge on any atom is -0.495 e. The molecular formula is C26H24ClN3O3S. The van der Waals surface area contributed by atoms with Gasteiger partial charge in [0.1, 0.15) is 5.75 Å². The summed E-state index contributed by atoms with van der Waals surface area (Å²) in [6.45, 7) is 4.07. The monoisotopic (exact) mass is 493 g/mol. The molecule has 1 unspecified atom stereocenters. The number of thioether (sulfide) groups is 1. The standard InChI is InChI=1S/C26H24ClN3O3S/c1-16-13-22(23(33-3)14-20(16)27)30-25(32)19-11-7-8-12-21(19)29-26(30)34-17(2)24(31)28-15-18-9-5-4-6-10-18/h4-14,17H,15H2,1-3H3,(H,28,31). The highest BCUT2D eigenvalue weighted by Crippen LogP contribution is 2.33. The van der Waals surface area contributed by atoms with Crippen molar-refractivity contribution in [2.75, 3.05) is 7.11 Å². The molecule has 1 atom stereocenters. The molecule has 1 heterocycles. The second-order valence-corrected chi connectivity index (χ2v) is 9.50. The molecule has 8 heteroatoms. The summed E-state index contributed by atoms with van der Waals surface area (Å²) in [5.41, 5.74) is 2.64. The van der Waals surface area contributed by atoms with Crippen molar-refractivity contribution in [1.82, 2.24) is 14.9 Å². The summed E-state index contributed by atoms with van der Waals surface area (Å²) >= 11 is 7.51. The zero-order valence-corrected chi connectivity index (χ0v) is 20.6. The molecule has 1 N–H and O–H groups in total. The Labute approximate surface area is 206 Å². The van der Waals surface area contributed by atoms with Crippen LogP contribution >= 0.6 is 23.4 Å². The number of para-hydroxylation sites is 1. The Kier molecular flexibility index (Phi) is 7.24. The predicted octanol–water partition coefficient (Wildman–Crippen LogP) is 5.15. The van der Waals surface area contributed by atoms with Gasteiger partial charge in [0.2, 0.25) is 5.91 Å². The zero-order valence-electron chi connectivity index (χ0n) is 19.0. The zero-order chi connectivity index (χ0) is 24.2. The molecule has 174 valence electrons. The summed E-state index contributed by atoms with van der Waals surface area (Å²) in [4.78, 5) is 31.2. The maximum atomic E-state index is 13.6. The van der Waals surface area contributed by atoms with Gasteiger partial charge in [-0.05, 0) is 43.2 Å². The van der Waals surface area contributed by atoms with Gasteiger partial charge in [-0.3, -0.25) is 14.2 Å². The van der Waals surface area contributed by atoms with Crippen molar-refractivity contribution in [3.63, 3.8) is 0 Å². The third-order valence-corrected chi connectivity index (χ3v) is 6.87. The van der Waals surface area contributed by atoms with Gasteiger partial charge in [0.15, 0.2) is 5.16 Å². The number of rotatable bonds is 7. The van der Waals surface area contributed by atoms with Crippen LogP contribution in [0.15, 0.2) is 76.7 Å². The van der Waals surface area contributed by atoms with Gasteiger partial charge in [0.25, 0.3) is 5.56 Å². The van der Waals surface area contributed by atoms with Crippen LogP contribution in [0.3, 0.4) is 0 Å². The molecule has 0 radical (unpaired) electrons. The van der Waals surface area contributed by atoms with Crippen molar-refractivity contribution in [3.8, 4) is 11.4 Å². The molecular weight excluding hydrogens is 470 g/mol. The quantitative estimate of drug-likeness (QED) is 0.284. The van der Waals surface area contributed by atoms with Crippen molar-refractivity contribution in [2.45, 2.75) is 30.8 Å². The Morgan fingerprint density at radius 1 is 1.15 bits per heavy atom. The van der Waals surface area contributed by atoms with E-state index in [9.17, 15) is 9.59 Å². The molecule has 1 aromatic heterocycles. The average molecular weight is 494 g/mol. The van der Waals surface area contributed by atoms with E-state index in [1.165, 1.54) is 23.4 Å². The molecule has 34 heavy (non-hydrogen) atoms. The molecule has 0 aliphatic rings. The number of benzene rings is 3. The van der Waals surface area contributed by atoms with E-state index in [-0.39, 0.29) is 11.5 Å². The molecule has 0 saturated heterocycles. The normalized spacial score (nSPS) is 11.9. The Balaban J connectivity index is 1.74. The molecule has 4 aromatic rings. The first kappa shape index (κ1) is 23.9. The molecule has 0 bridgehead atoms. The number of carbonyl (C=O) groups excluding carboxylic acids is 1. The number of halogens is 1. The van der Waals surface area contributed by atoms with Gasteiger partial charge in [0, 0.05) is 17.6 Å². The highest BCUT2D eigenvalue weighted by Gasteiger charge is 2.22. The van der Waals surface area contributed by atoms with E-state index in [2.05, 4.69) is 5.32 Å². The Morgan fingerprint density at radius 3 is 2.59 bits per heavy atom. The maximum absolute atomic E-state index is 13.6. The number of aromatic nitrogens is 2. The predicted molar refractivity (Wildman–Crippen MR) is 137 cm³/mol. The Hall–Kier alpha value is -3.29. The minimum atomic E-state index is -0.498. The summed E-state index contributed by atoms with van der Waals surface area (Å²) in [6.07, 6.45) is 0. The molecule has 4 rings (SSSR count). The highest BCUT2D eigenvalue weighted by molar-refractivity contribution is 8.00. The Morgan fingerprint density at radius 2 is 1.85 bits per heavy atom. The molecule has 1 amide bonds. The average Bonchev–Trinajstić information content (AvgIpc) is 2.85. The van der Waals surface area contributed by atoms with Gasteiger partial charge in [-0.15, -0.1) is 0 Å². The van der Waals surface area contributed by atoms with Gasteiger partial charge in [-0.1, -0.05) is 65.8 Å². The third-order valence-electron chi connectivity index (χ3n) is 5.41. The second kappa shape index (κ2) is 10.3. The molecule has 0 aliphatic heterocycles. The number of aryl methyl sites for hydroxylation is 1. The van der Waals surface area contributed by atoms with E-state index in [1.807, 2.05) is 43.3 Å². The number of ether oxygens (including phenoxy) is 1. The van der Waals surface area contributed by atoms with Gasteiger partial charge >= 0.3 is 0 Å². The van der Waals surface area contributed by atoms with E-state index in [1.54, 1.807) is 37.3 Å². The van der Waals surface area contributed by atoms with Crippen LogP contribution in [0.4, 0.5) is 0 Å². The van der Waals surface area contributed by atoms with Crippen LogP contribution in [0.1, 0.15) is 18.1 Å². The number of amides is 1. The summed E-state index contributed by atoms with van der Waals surface area (Å²) in [5.74, 6) is 0.292. The topological polar surface area (TPSA) is 73.2 Å². The smallest absolute Gasteiger partial charge is 0.266 e. The summed E-state index contributed by atoms with van der Waals surface area (Å²) < 4.78 is 7.03. The number of methoxy groups -OCH3 is 1. The van der Waals surface area contributed by atoms with Crippen LogP contribution in [-0.4, -0.2) is 27.8 Å². The lowest BCUT2D eigenvalue weighted by atomic mass is 10.2.